The number of allylic oxidation sites excluding steroid dienone is 1. The van der Waals surface area contributed by atoms with Crippen molar-refractivity contribution >= 4 is 38.1 Å². The molecule has 5 aromatic carbocycles. The van der Waals surface area contributed by atoms with Gasteiger partial charge in [0.15, 0.2) is 29.8 Å². The lowest BCUT2D eigenvalue weighted by Crippen LogP contribution is -2.41. The lowest BCUT2D eigenvalue weighted by Gasteiger charge is -2.33. The van der Waals surface area contributed by atoms with E-state index in [-0.39, 0.29) is 43.4 Å². The molecule has 12 nitrogen and oxygen atoms in total. The number of aliphatic hydroxyl groups is 3. The lowest BCUT2D eigenvalue weighted by molar-refractivity contribution is -0.125. The molecule has 0 bridgehead atoms. The van der Waals surface area contributed by atoms with Gasteiger partial charge in [-0.05, 0) is 126 Å². The van der Waals surface area contributed by atoms with Gasteiger partial charge in [-0.15, -0.1) is 0 Å². The second-order valence-electron chi connectivity index (χ2n) is 18.4. The molecule has 0 saturated carbocycles. The number of Topliss-reactive ketones (excluding diaryl/α,β-unsaturated/α-hetero) is 1. The number of aromatic hydroxyl groups is 2. The van der Waals surface area contributed by atoms with E-state index in [4.69, 9.17) is 14.2 Å². The van der Waals surface area contributed by atoms with Gasteiger partial charge < -0.3 is 50.0 Å². The number of fused-ring (bicyclic) bond motifs is 1. The van der Waals surface area contributed by atoms with Crippen molar-refractivity contribution in [2.45, 2.75) is 81.3 Å². The average Bonchev–Trinajstić information content (AvgIpc) is 3.78. The van der Waals surface area contributed by atoms with Gasteiger partial charge in [-0.2, -0.15) is 0 Å². The highest BCUT2D eigenvalue weighted by molar-refractivity contribution is 8.76. The van der Waals surface area contributed by atoms with Crippen molar-refractivity contribution in [3.05, 3.63) is 160 Å². The van der Waals surface area contributed by atoms with Crippen LogP contribution in [0.15, 0.2) is 109 Å². The Morgan fingerprint density at radius 1 is 1.00 bits per heavy atom. The summed E-state index contributed by atoms with van der Waals surface area (Å²) in [6.07, 6.45) is 8.54. The molecule has 0 radical (unpaired) electrons. The molecule has 6 aromatic rings. The number of aromatic nitrogens is 1. The molecule has 0 spiro atoms. The summed E-state index contributed by atoms with van der Waals surface area (Å²) in [5.74, 6) is 0.844. The van der Waals surface area contributed by atoms with Gasteiger partial charge in [-0.25, -0.2) is 0 Å². The Kier molecular flexibility index (Phi) is 16.0. The van der Waals surface area contributed by atoms with Crippen molar-refractivity contribution in [3.63, 3.8) is 0 Å². The smallest absolute Gasteiger partial charge is 0.186 e. The Hall–Kier alpha value is -5.45. The Bertz CT molecular complexity index is 2780. The fraction of sp³-hybridized carbons (Fsp3) is 0.364. The number of ketones is 1. The van der Waals surface area contributed by atoms with Crippen LogP contribution in [-0.2, 0) is 48.9 Å². The predicted molar refractivity (Wildman–Crippen MR) is 275 cm³/mol. The van der Waals surface area contributed by atoms with E-state index in [2.05, 4.69) is 46.8 Å². The number of hydrogen-bond acceptors (Lipinski definition) is 13. The maximum absolute atomic E-state index is 15.8. The molecule has 1 aliphatic carbocycles. The lowest BCUT2D eigenvalue weighted by atomic mass is 9.69. The predicted octanol–water partition coefficient (Wildman–Crippen LogP) is 8.37. The van der Waals surface area contributed by atoms with Gasteiger partial charge in [0.2, 0.25) is 0 Å². The van der Waals surface area contributed by atoms with Crippen molar-refractivity contribution in [2.75, 3.05) is 40.0 Å². The zero-order chi connectivity index (χ0) is 48.7. The first-order valence-corrected chi connectivity index (χ1v) is 25.9. The highest BCUT2D eigenvalue weighted by atomic mass is 33.1. The minimum Gasteiger partial charge on any atom is -0.508 e. The second kappa shape index (κ2) is 22.1. The van der Waals surface area contributed by atoms with Crippen LogP contribution in [0.5, 0.6) is 28.7 Å². The van der Waals surface area contributed by atoms with Crippen LogP contribution in [0.3, 0.4) is 0 Å². The van der Waals surface area contributed by atoms with E-state index in [1.54, 1.807) is 38.3 Å². The number of phenolic OH excluding ortho intramolecular Hbond substituents is 2. The number of carbonyl (C=O) groups is 1. The minimum absolute atomic E-state index is 0.00699. The molecule has 8 rings (SSSR count). The molecule has 5 atom stereocenters. The van der Waals surface area contributed by atoms with E-state index < -0.39 is 35.1 Å². The summed E-state index contributed by atoms with van der Waals surface area (Å²) < 4.78 is 18.1. The van der Waals surface area contributed by atoms with Gasteiger partial charge in [0.1, 0.15) is 18.3 Å². The zero-order valence-corrected chi connectivity index (χ0v) is 41.2. The molecule has 0 fully saturated rings. The van der Waals surface area contributed by atoms with Crippen LogP contribution in [0.25, 0.3) is 10.8 Å². The number of β-amino-alcohol motifs (C(OH)–C–C–N with tert-alkyl or cyclic N) is 1. The molecule has 0 amide bonds. The molecule has 364 valence electrons. The van der Waals surface area contributed by atoms with E-state index in [1.807, 2.05) is 68.0 Å². The van der Waals surface area contributed by atoms with E-state index in [0.29, 0.717) is 54.4 Å². The van der Waals surface area contributed by atoms with E-state index in [0.717, 1.165) is 56.1 Å². The molecular weight excluding hydrogens is 911 g/mol. The third-order valence-corrected chi connectivity index (χ3v) is 16.4. The monoisotopic (exact) mass is 973 g/mol. The van der Waals surface area contributed by atoms with Gasteiger partial charge >= 0.3 is 0 Å². The summed E-state index contributed by atoms with van der Waals surface area (Å²) in [6, 6.07) is 27.0. The van der Waals surface area contributed by atoms with Crippen molar-refractivity contribution in [1.29, 1.82) is 0 Å². The maximum atomic E-state index is 15.8. The number of aryl methyl sites for hydroxylation is 1. The Balaban J connectivity index is 1.22. The fourth-order valence-electron chi connectivity index (χ4n) is 10.0. The number of aromatic amines is 1. The molecule has 2 aliphatic rings. The maximum Gasteiger partial charge on any atom is 0.186 e. The number of H-pyrrole nitrogens is 1. The summed E-state index contributed by atoms with van der Waals surface area (Å²) >= 11 is 0. The largest absolute Gasteiger partial charge is 0.508 e. The van der Waals surface area contributed by atoms with Crippen molar-refractivity contribution < 1.29 is 44.5 Å². The number of phenols is 2. The van der Waals surface area contributed by atoms with E-state index in [9.17, 15) is 25.5 Å². The highest BCUT2D eigenvalue weighted by Crippen LogP contribution is 2.52. The molecule has 1 aromatic heterocycles. The summed E-state index contributed by atoms with van der Waals surface area (Å²) in [7, 11) is 6.41. The number of nitrogens with one attached hydrogen (secondary N) is 3. The van der Waals surface area contributed by atoms with Gasteiger partial charge in [0.05, 0.1) is 29.5 Å². The number of carbonyl (C=O) groups excluding carboxylic acids is 1. The third kappa shape index (κ3) is 11.1. The highest BCUT2D eigenvalue weighted by Gasteiger charge is 2.44. The van der Waals surface area contributed by atoms with Crippen LogP contribution in [-0.4, -0.2) is 88.0 Å². The van der Waals surface area contributed by atoms with Crippen LogP contribution >= 0.6 is 21.6 Å². The fourth-order valence-corrected chi connectivity index (χ4v) is 13.0. The first-order valence-electron chi connectivity index (χ1n) is 23.5. The summed E-state index contributed by atoms with van der Waals surface area (Å²) in [5, 5.41) is 64.6. The van der Waals surface area contributed by atoms with Crippen LogP contribution in [0.4, 0.5) is 0 Å². The molecular formula is C55H63N3O9S2. The first-order chi connectivity index (χ1) is 33.4. The summed E-state index contributed by atoms with van der Waals surface area (Å²) in [6.45, 7) is 4.10. The van der Waals surface area contributed by atoms with Gasteiger partial charge in [0, 0.05) is 55.2 Å². The number of ether oxygens (including phenoxy) is 3. The Morgan fingerprint density at radius 3 is 2.59 bits per heavy atom. The number of benzene rings is 5. The molecule has 2 heterocycles. The van der Waals surface area contributed by atoms with E-state index >= 15 is 4.79 Å². The van der Waals surface area contributed by atoms with Gasteiger partial charge in [-0.1, -0.05) is 95.3 Å². The summed E-state index contributed by atoms with van der Waals surface area (Å²) in [4.78, 5) is 19.0. The topological polar surface area (TPSA) is 186 Å². The van der Waals surface area contributed by atoms with Gasteiger partial charge in [0.25, 0.3) is 0 Å². The molecule has 8 N–H and O–H groups in total. The molecule has 0 unspecified atom stereocenters. The van der Waals surface area contributed by atoms with Crippen LogP contribution in [0, 0.1) is 5.92 Å². The quantitative estimate of drug-likeness (QED) is 0.0248. The number of aliphatic hydroxyl groups excluding tert-OH is 2. The Labute approximate surface area is 411 Å². The van der Waals surface area contributed by atoms with Gasteiger partial charge in [-0.3, -0.25) is 10.1 Å². The van der Waals surface area contributed by atoms with E-state index in [1.165, 1.54) is 27.2 Å². The third-order valence-electron chi connectivity index (χ3n) is 13.5. The Morgan fingerprint density at radius 2 is 1.83 bits per heavy atom. The zero-order valence-electron chi connectivity index (χ0n) is 39.6. The SMILES string of the molecule is CCc1ccc2ccccc2c1Cc1c(C[C@H](Cc2cc[nH]c2)[C@H](O)CC(=O)[C@@]2(c3cc(O)cc(CNC)c3)C=C[C@@H]3SSC[C@@](C)(O)CNCOc4c(OCO)ccc(c43)C2)ccc(O)c1OC. The normalized spacial score (nSPS) is 20.2. The summed E-state index contributed by atoms with van der Waals surface area (Å²) in [5.41, 5.74) is 5.48. The molecule has 14 heteroatoms. The molecule has 1 aliphatic heterocycles. The minimum atomic E-state index is -1.38. The van der Waals surface area contributed by atoms with Crippen molar-refractivity contribution in [2.24, 2.45) is 5.92 Å². The average molecular weight is 974 g/mol. The molecule has 0 saturated heterocycles. The number of hydrogen-bond donors (Lipinski definition) is 8. The van der Waals surface area contributed by atoms with Crippen LogP contribution in [0.1, 0.15) is 75.6 Å². The van der Waals surface area contributed by atoms with Crippen molar-refractivity contribution in [1.82, 2.24) is 15.6 Å². The number of methoxy groups -OCH3 is 1. The first kappa shape index (κ1) is 50.0. The molecule has 69 heavy (non-hydrogen) atoms. The van der Waals surface area contributed by atoms with Crippen molar-refractivity contribution in [3.8, 4) is 28.7 Å². The number of rotatable bonds is 17. The van der Waals surface area contributed by atoms with Crippen LogP contribution < -0.4 is 24.8 Å². The second-order valence-corrected chi connectivity index (χ2v) is 21.0. The van der Waals surface area contributed by atoms with Crippen LogP contribution in [0.2, 0.25) is 0 Å². The standard InChI is InChI=1S/C55H63N3O9S2/c1-5-36-10-11-37-8-6-7-9-43(37)44(36)25-45-38(12-14-46(61)52(45)65-4)23-40(20-34-17-19-57-29-34)47(62)26-50(63)55(41-21-35(28-56-3)22-42(60)24-41)18-16-49-51-39(27-55)13-15-48(67-33-59)53(51)66-32-58-30-54(2,64)31-68-69-49/h6-19,21-22,24,29,40,47,49,56-62,64H,5,20,23,25-28,30-33H2,1-4H3/t40-,47+,49-,54-,55-/m0/s1.